The molecular weight excluding hydrogens is 484 g/mol. The minimum atomic E-state index is 0.0193. The number of nitrogens with zero attached hydrogens (tertiary/aromatic N) is 4. The predicted octanol–water partition coefficient (Wildman–Crippen LogP) is 6.84. The molecule has 3 heterocycles. The third kappa shape index (κ3) is 4.29. The number of aliphatic imine (C=N–C) groups is 1. The van der Waals surface area contributed by atoms with Crippen LogP contribution in [0.1, 0.15) is 12.5 Å². The third-order valence-electron chi connectivity index (χ3n) is 6.26. The Kier molecular flexibility index (Phi) is 6.25. The summed E-state index contributed by atoms with van der Waals surface area (Å²) in [6.45, 7) is 3.49. The minimum Gasteiger partial charge on any atom is -0.334 e. The number of anilines is 1. The van der Waals surface area contributed by atoms with E-state index in [9.17, 15) is 4.79 Å². The number of amidine groups is 1. The average molecular weight is 509 g/mol. The zero-order chi connectivity index (χ0) is 24.5. The van der Waals surface area contributed by atoms with Gasteiger partial charge in [0.25, 0.3) is 5.91 Å². The van der Waals surface area contributed by atoms with Crippen LogP contribution in [0.4, 0.5) is 11.4 Å². The van der Waals surface area contributed by atoms with Gasteiger partial charge in [-0.1, -0.05) is 60.3 Å². The summed E-state index contributed by atoms with van der Waals surface area (Å²) in [7, 11) is 0. The normalized spacial score (nSPS) is 18.5. The highest BCUT2D eigenvalue weighted by Gasteiger charge is 2.39. The van der Waals surface area contributed by atoms with E-state index in [2.05, 4.69) is 41.1 Å². The van der Waals surface area contributed by atoms with Crippen LogP contribution in [0.5, 0.6) is 0 Å². The van der Waals surface area contributed by atoms with Gasteiger partial charge in [0.05, 0.1) is 16.9 Å². The molecule has 0 N–H and O–H groups in total. The maximum absolute atomic E-state index is 13.9. The van der Waals surface area contributed by atoms with Crippen LogP contribution >= 0.6 is 23.5 Å². The van der Waals surface area contributed by atoms with Gasteiger partial charge in [0, 0.05) is 29.6 Å². The molecule has 0 unspecified atom stereocenters. The van der Waals surface area contributed by atoms with Crippen molar-refractivity contribution in [3.63, 3.8) is 0 Å². The Bertz CT molecular complexity index is 1520. The molecule has 178 valence electrons. The fourth-order valence-electron chi connectivity index (χ4n) is 4.46. The first-order valence-electron chi connectivity index (χ1n) is 12.0. The average Bonchev–Trinajstić information content (AvgIpc) is 3.44. The van der Waals surface area contributed by atoms with Gasteiger partial charge in [-0.05, 0) is 67.1 Å². The van der Waals surface area contributed by atoms with Crippen molar-refractivity contribution in [1.82, 2.24) is 9.88 Å². The standard InChI is InChI=1S/C29H24N4OS2/c1-2-32-24-12-6-7-13-25(24)35-28(32)26-27(34)33(18-16-20-9-4-3-5-10-20)29(36-26)31-22-14-15-23-21(19-22)11-8-17-30-23/h3-15,17,19H,2,16,18H2,1H3/b28-26-,31-29?. The van der Waals surface area contributed by atoms with Gasteiger partial charge in [-0.2, -0.15) is 0 Å². The van der Waals surface area contributed by atoms with Crippen LogP contribution in [0.25, 0.3) is 10.9 Å². The lowest BCUT2D eigenvalue weighted by molar-refractivity contribution is -0.122. The number of amides is 1. The maximum Gasteiger partial charge on any atom is 0.269 e. The molecule has 0 saturated carbocycles. The lowest BCUT2D eigenvalue weighted by Gasteiger charge is -2.19. The summed E-state index contributed by atoms with van der Waals surface area (Å²) in [5.41, 5.74) is 4.10. The predicted molar refractivity (Wildman–Crippen MR) is 151 cm³/mol. The van der Waals surface area contributed by atoms with E-state index < -0.39 is 0 Å². The first-order chi connectivity index (χ1) is 17.7. The number of hydrogen-bond donors (Lipinski definition) is 0. The molecule has 0 atom stereocenters. The van der Waals surface area contributed by atoms with E-state index in [1.165, 1.54) is 22.2 Å². The second-order valence-electron chi connectivity index (χ2n) is 8.52. The lowest BCUT2D eigenvalue weighted by atomic mass is 10.1. The van der Waals surface area contributed by atoms with Crippen molar-refractivity contribution in [2.75, 3.05) is 18.0 Å². The molecule has 1 amide bonds. The molecule has 5 nitrogen and oxygen atoms in total. The smallest absolute Gasteiger partial charge is 0.269 e. The summed E-state index contributed by atoms with van der Waals surface area (Å²) >= 11 is 3.15. The summed E-state index contributed by atoms with van der Waals surface area (Å²) in [5, 5.41) is 2.74. The van der Waals surface area contributed by atoms with Gasteiger partial charge in [-0.15, -0.1) is 0 Å². The SMILES string of the molecule is CCN1/C(=C2/SC(=Nc3ccc4ncccc4c3)N(CCc3ccccc3)C2=O)Sc2ccccc21. The van der Waals surface area contributed by atoms with E-state index in [-0.39, 0.29) is 5.91 Å². The Hall–Kier alpha value is -3.55. The fourth-order valence-corrected chi connectivity index (χ4v) is 6.88. The van der Waals surface area contributed by atoms with Gasteiger partial charge in [-0.25, -0.2) is 4.99 Å². The van der Waals surface area contributed by atoms with Gasteiger partial charge >= 0.3 is 0 Å². The molecule has 0 aliphatic carbocycles. The number of para-hydroxylation sites is 1. The van der Waals surface area contributed by atoms with Crippen molar-refractivity contribution in [1.29, 1.82) is 0 Å². The van der Waals surface area contributed by atoms with Crippen molar-refractivity contribution in [2.45, 2.75) is 18.2 Å². The minimum absolute atomic E-state index is 0.0193. The van der Waals surface area contributed by atoms with Gasteiger partial charge < -0.3 is 4.90 Å². The summed E-state index contributed by atoms with van der Waals surface area (Å²) in [5.74, 6) is 0.0193. The van der Waals surface area contributed by atoms with Crippen LogP contribution in [0.3, 0.4) is 0 Å². The van der Waals surface area contributed by atoms with E-state index >= 15 is 0 Å². The number of thioether (sulfide) groups is 2. The molecule has 3 aromatic carbocycles. The number of benzene rings is 3. The van der Waals surface area contributed by atoms with Gasteiger partial charge in [-0.3, -0.25) is 14.7 Å². The molecule has 1 saturated heterocycles. The van der Waals surface area contributed by atoms with Crippen LogP contribution in [-0.4, -0.2) is 34.0 Å². The van der Waals surface area contributed by atoms with E-state index in [4.69, 9.17) is 4.99 Å². The summed E-state index contributed by atoms with van der Waals surface area (Å²) < 4.78 is 0. The number of fused-ring (bicyclic) bond motifs is 2. The molecule has 2 aliphatic rings. The highest BCUT2D eigenvalue weighted by Crippen LogP contribution is 2.50. The Labute approximate surface area is 218 Å². The molecule has 6 rings (SSSR count). The zero-order valence-electron chi connectivity index (χ0n) is 19.8. The monoisotopic (exact) mass is 508 g/mol. The highest BCUT2D eigenvalue weighted by molar-refractivity contribution is 8.19. The molecule has 7 heteroatoms. The van der Waals surface area contributed by atoms with E-state index in [1.807, 2.05) is 65.6 Å². The number of aromatic nitrogens is 1. The van der Waals surface area contributed by atoms with Gasteiger partial charge in [0.2, 0.25) is 0 Å². The van der Waals surface area contributed by atoms with Crippen LogP contribution < -0.4 is 4.90 Å². The topological polar surface area (TPSA) is 48.8 Å². The number of rotatable bonds is 5. The molecule has 1 aromatic heterocycles. The van der Waals surface area contributed by atoms with E-state index in [0.717, 1.165) is 45.2 Å². The first kappa shape index (κ1) is 22.9. The van der Waals surface area contributed by atoms with Gasteiger partial charge in [0.1, 0.15) is 9.93 Å². The Morgan fingerprint density at radius 3 is 2.58 bits per heavy atom. The quantitative estimate of drug-likeness (QED) is 0.276. The van der Waals surface area contributed by atoms with Crippen molar-refractivity contribution < 1.29 is 4.79 Å². The Morgan fingerprint density at radius 2 is 1.72 bits per heavy atom. The molecule has 0 radical (unpaired) electrons. The van der Waals surface area contributed by atoms with Crippen molar-refractivity contribution in [3.05, 3.63) is 107 Å². The second-order valence-corrected chi connectivity index (χ2v) is 10.5. The summed E-state index contributed by atoms with van der Waals surface area (Å²) in [6, 6.07) is 28.5. The Balaban J connectivity index is 1.39. The van der Waals surface area contributed by atoms with Crippen molar-refractivity contribution >= 4 is 56.9 Å². The largest absolute Gasteiger partial charge is 0.334 e. The number of carbonyl (C=O) groups is 1. The highest BCUT2D eigenvalue weighted by atomic mass is 32.2. The van der Waals surface area contributed by atoms with Crippen molar-refractivity contribution in [2.24, 2.45) is 4.99 Å². The van der Waals surface area contributed by atoms with Crippen molar-refractivity contribution in [3.8, 4) is 0 Å². The number of hydrogen-bond acceptors (Lipinski definition) is 6. The molecule has 4 aromatic rings. The second kappa shape index (κ2) is 9.84. The molecule has 0 spiro atoms. The van der Waals surface area contributed by atoms with Crippen LogP contribution in [-0.2, 0) is 11.2 Å². The van der Waals surface area contributed by atoms with Crippen LogP contribution in [0.15, 0.2) is 111 Å². The van der Waals surface area contributed by atoms with Crippen LogP contribution in [0.2, 0.25) is 0 Å². The number of carbonyl (C=O) groups excluding carboxylic acids is 1. The summed E-state index contributed by atoms with van der Waals surface area (Å²) in [4.78, 5) is 29.2. The Morgan fingerprint density at radius 1 is 0.889 bits per heavy atom. The maximum atomic E-state index is 13.9. The third-order valence-corrected chi connectivity index (χ3v) is 8.64. The van der Waals surface area contributed by atoms with E-state index in [0.29, 0.717) is 11.7 Å². The van der Waals surface area contributed by atoms with Gasteiger partial charge in [0.15, 0.2) is 5.17 Å². The summed E-state index contributed by atoms with van der Waals surface area (Å²) in [6.07, 6.45) is 2.56. The van der Waals surface area contributed by atoms with Crippen LogP contribution in [0, 0.1) is 0 Å². The molecule has 0 bridgehead atoms. The molecular formula is C29H24N4OS2. The number of pyridine rings is 1. The molecule has 36 heavy (non-hydrogen) atoms. The fraction of sp³-hybridized carbons (Fsp3) is 0.138. The molecule has 2 aliphatic heterocycles. The van der Waals surface area contributed by atoms with E-state index in [1.54, 1.807) is 18.0 Å². The lowest BCUT2D eigenvalue weighted by Crippen LogP contribution is -2.32. The molecule has 1 fully saturated rings. The zero-order valence-corrected chi connectivity index (χ0v) is 21.4. The first-order valence-corrected chi connectivity index (χ1v) is 13.6.